The molecular formula is C48H75N13O18. The third-order valence-electron chi connectivity index (χ3n) is 14.2. The smallest absolute Gasteiger partial charge is 0.326 e. The number of aliphatic carboxylic acids is 4. The number of carbonyl (C=O) groups is 13. The van der Waals surface area contributed by atoms with Crippen molar-refractivity contribution in [3.8, 4) is 0 Å². The van der Waals surface area contributed by atoms with E-state index in [2.05, 4.69) is 31.6 Å². The van der Waals surface area contributed by atoms with Crippen LogP contribution in [0.4, 0.5) is 0 Å². The van der Waals surface area contributed by atoms with E-state index in [1.54, 1.807) is 0 Å². The number of nitrogens with one attached hydrogen (secondary N) is 5. The molecule has 0 aromatic carbocycles. The number of hydrogen-bond donors (Lipinski definition) is 13. The molecule has 31 nitrogen and oxygen atoms in total. The molecule has 440 valence electrons. The maximum absolute atomic E-state index is 14.2. The molecule has 0 aromatic rings. The Morgan fingerprint density at radius 2 is 0.949 bits per heavy atom. The van der Waals surface area contributed by atoms with E-state index >= 15 is 0 Å². The van der Waals surface area contributed by atoms with Gasteiger partial charge in [-0.15, -0.1) is 0 Å². The topological polar surface area (TPSA) is 487 Å². The molecule has 31 heteroatoms. The van der Waals surface area contributed by atoms with Crippen LogP contribution >= 0.6 is 0 Å². The first-order valence-electron chi connectivity index (χ1n) is 26.3. The van der Waals surface area contributed by atoms with Gasteiger partial charge in [0.05, 0.1) is 12.1 Å². The number of rotatable bonds is 29. The molecular weight excluding hydrogens is 1050 g/mol. The van der Waals surface area contributed by atoms with Gasteiger partial charge in [0, 0.05) is 52.0 Å². The summed E-state index contributed by atoms with van der Waals surface area (Å²) in [4.78, 5) is 179. The van der Waals surface area contributed by atoms with Crippen molar-refractivity contribution in [3.63, 3.8) is 0 Å². The molecule has 4 aliphatic heterocycles. The van der Waals surface area contributed by atoms with Crippen molar-refractivity contribution in [1.29, 1.82) is 0 Å². The zero-order chi connectivity index (χ0) is 58.8. The molecule has 4 heterocycles. The van der Waals surface area contributed by atoms with Gasteiger partial charge >= 0.3 is 23.9 Å². The number of nitrogens with two attached hydrogens (primary N) is 3. The lowest BCUT2D eigenvalue weighted by molar-refractivity contribution is -0.148. The summed E-state index contributed by atoms with van der Waals surface area (Å²) in [6.07, 6.45) is -2.29. The normalized spacial score (nSPS) is 21.5. The van der Waals surface area contributed by atoms with Crippen LogP contribution in [0, 0.1) is 0 Å². The number of hydrogen-bond acceptors (Lipinski definition) is 16. The number of amides is 9. The van der Waals surface area contributed by atoms with Gasteiger partial charge in [-0.2, -0.15) is 0 Å². The largest absolute Gasteiger partial charge is 0.481 e. The third kappa shape index (κ3) is 18.2. The zero-order valence-electron chi connectivity index (χ0n) is 44.2. The van der Waals surface area contributed by atoms with E-state index in [4.69, 9.17) is 22.3 Å². The van der Waals surface area contributed by atoms with Crippen LogP contribution in [0.5, 0.6) is 0 Å². The Labute approximate surface area is 454 Å². The molecule has 4 fully saturated rings. The summed E-state index contributed by atoms with van der Waals surface area (Å²) >= 11 is 0. The molecule has 0 unspecified atom stereocenters. The number of aliphatic hydroxyl groups excluding tert-OH is 1. The first-order valence-corrected chi connectivity index (χ1v) is 26.3. The highest BCUT2D eigenvalue weighted by atomic mass is 16.4. The van der Waals surface area contributed by atoms with Crippen LogP contribution in [0.25, 0.3) is 0 Å². The Morgan fingerprint density at radius 1 is 0.519 bits per heavy atom. The maximum Gasteiger partial charge on any atom is 0.326 e. The molecule has 9 amide bonds. The van der Waals surface area contributed by atoms with Gasteiger partial charge in [0.1, 0.15) is 54.4 Å². The standard InChI is InChI=1S/C48H75N13O18/c1-24(43(74)61-23-7-12-33(61)46(77)60-22-6-10-31(60)39(70)54-27(13-16-34(63)64)38(69)56-29(47(78)79)15-18-36(67)68)53-42(73)37(25(2)62)57-41(72)32-11-5-21-59(32)45(76)28(14-17-35(65)66)55-40(71)30-9-4-20-58(30)44(75)26(49)8-3-19-52-48(50)51/h24-33,37,62H,3-23,49H2,1-2H3,(H,53,73)(H,54,70)(H,55,71)(H,56,69)(H,57,72)(H,63,64)(H,65,66)(H,67,68)(H,78,79)(H4,50,51,52)/t24-,25+,26-,27-,28-,29-,30-,31-,32-,33-,37-/m0/s1. The summed E-state index contributed by atoms with van der Waals surface area (Å²) in [5.74, 6) is -13.0. The Hall–Kier alpha value is -7.70. The van der Waals surface area contributed by atoms with E-state index in [1.165, 1.54) is 28.5 Å². The van der Waals surface area contributed by atoms with Gasteiger partial charge in [0.15, 0.2) is 5.96 Å². The number of likely N-dealkylation sites (tertiary alicyclic amines) is 4. The molecule has 0 spiro atoms. The summed E-state index contributed by atoms with van der Waals surface area (Å²) in [6, 6.07) is -13.4. The lowest BCUT2D eigenvalue weighted by atomic mass is 10.1. The average Bonchev–Trinajstić information content (AvgIpc) is 4.26. The molecule has 11 atom stereocenters. The Balaban J connectivity index is 1.40. The first kappa shape index (κ1) is 63.8. The first-order chi connectivity index (χ1) is 37.2. The number of carbonyl (C=O) groups excluding carboxylic acids is 9. The monoisotopic (exact) mass is 1120 g/mol. The zero-order valence-corrected chi connectivity index (χ0v) is 44.2. The van der Waals surface area contributed by atoms with Crippen LogP contribution in [0.1, 0.15) is 117 Å². The Kier molecular flexibility index (Phi) is 24.1. The summed E-state index contributed by atoms with van der Waals surface area (Å²) in [5.41, 5.74) is 16.8. The van der Waals surface area contributed by atoms with E-state index < -0.39 is 176 Å². The van der Waals surface area contributed by atoms with Gasteiger partial charge in [0.25, 0.3) is 0 Å². The van der Waals surface area contributed by atoms with E-state index in [-0.39, 0.29) is 83.6 Å². The molecule has 0 aromatic heterocycles. The van der Waals surface area contributed by atoms with Crippen LogP contribution in [0.15, 0.2) is 4.99 Å². The second-order valence-corrected chi connectivity index (χ2v) is 20.1. The molecule has 0 bridgehead atoms. The minimum atomic E-state index is -1.70. The van der Waals surface area contributed by atoms with Crippen molar-refractivity contribution in [1.82, 2.24) is 46.2 Å². The minimum Gasteiger partial charge on any atom is -0.481 e. The van der Waals surface area contributed by atoms with Crippen molar-refractivity contribution in [2.75, 3.05) is 32.7 Å². The fraction of sp³-hybridized carbons (Fsp3) is 0.708. The Bertz CT molecular complexity index is 2330. The lowest BCUT2D eigenvalue weighted by Crippen LogP contribution is -2.61. The van der Waals surface area contributed by atoms with Crippen LogP contribution in [-0.2, 0) is 62.3 Å². The van der Waals surface area contributed by atoms with Crippen molar-refractivity contribution in [3.05, 3.63) is 0 Å². The van der Waals surface area contributed by atoms with Crippen LogP contribution in [0.2, 0.25) is 0 Å². The van der Waals surface area contributed by atoms with Gasteiger partial charge in [0.2, 0.25) is 53.2 Å². The van der Waals surface area contributed by atoms with Crippen LogP contribution in [-0.4, -0.2) is 227 Å². The number of carboxylic acid groups (broad SMARTS) is 4. The van der Waals surface area contributed by atoms with Crippen LogP contribution in [0.3, 0.4) is 0 Å². The van der Waals surface area contributed by atoms with E-state index in [9.17, 15) is 82.8 Å². The average molecular weight is 1120 g/mol. The highest BCUT2D eigenvalue weighted by molar-refractivity contribution is 5.99. The number of nitrogens with zero attached hydrogens (tertiary/aromatic N) is 5. The minimum absolute atomic E-state index is 0.00816. The summed E-state index contributed by atoms with van der Waals surface area (Å²) in [7, 11) is 0. The molecule has 0 radical (unpaired) electrons. The molecule has 4 rings (SSSR count). The molecule has 0 saturated carbocycles. The second-order valence-electron chi connectivity index (χ2n) is 20.1. The van der Waals surface area contributed by atoms with Gasteiger partial charge < -0.3 is 88.9 Å². The second kappa shape index (κ2) is 29.9. The fourth-order valence-electron chi connectivity index (χ4n) is 10.1. The van der Waals surface area contributed by atoms with Crippen molar-refractivity contribution in [2.24, 2.45) is 22.2 Å². The van der Waals surface area contributed by atoms with Crippen molar-refractivity contribution >= 4 is 83.0 Å². The summed E-state index contributed by atoms with van der Waals surface area (Å²) in [5, 5.41) is 60.2. The predicted octanol–water partition coefficient (Wildman–Crippen LogP) is -5.17. The SMILES string of the molecule is C[C@H](NC(=O)[C@@H](NC(=O)[C@@H]1CCCN1C(=O)[C@H](CCC(=O)O)NC(=O)[C@@H]1CCCN1C(=O)[C@@H](N)CCCN=C(N)N)[C@@H](C)O)C(=O)N1CCC[C@H]1C(=O)N1CCC[C@H]1C(=O)N[C@@H](CCC(=O)O)C(=O)N[C@@H](CCC(=O)O)C(=O)O. The predicted molar refractivity (Wildman–Crippen MR) is 272 cm³/mol. The third-order valence-corrected chi connectivity index (χ3v) is 14.2. The van der Waals surface area contributed by atoms with Crippen molar-refractivity contribution < 1.29 is 87.9 Å². The van der Waals surface area contributed by atoms with Gasteiger partial charge in [-0.1, -0.05) is 0 Å². The van der Waals surface area contributed by atoms with Gasteiger partial charge in [-0.3, -0.25) is 62.5 Å². The molecule has 16 N–H and O–H groups in total. The van der Waals surface area contributed by atoms with Gasteiger partial charge in [-0.05, 0) is 97.3 Å². The van der Waals surface area contributed by atoms with E-state index in [1.807, 2.05) is 0 Å². The quantitative estimate of drug-likeness (QED) is 0.0189. The number of aliphatic hydroxyl groups is 1. The summed E-state index contributed by atoms with van der Waals surface area (Å²) < 4.78 is 0. The molecule has 4 saturated heterocycles. The highest BCUT2D eigenvalue weighted by Gasteiger charge is 2.46. The number of carboxylic acids is 4. The lowest BCUT2D eigenvalue weighted by Gasteiger charge is -2.33. The van der Waals surface area contributed by atoms with E-state index in [0.717, 1.165) is 4.90 Å². The highest BCUT2D eigenvalue weighted by Crippen LogP contribution is 2.27. The number of aliphatic imine (C=N–C) groups is 1. The van der Waals surface area contributed by atoms with E-state index in [0.29, 0.717) is 25.7 Å². The van der Waals surface area contributed by atoms with Crippen LogP contribution < -0.4 is 43.8 Å². The van der Waals surface area contributed by atoms with Crippen molar-refractivity contribution in [2.45, 2.75) is 183 Å². The molecule has 0 aliphatic carbocycles. The maximum atomic E-state index is 14.2. The number of guanidine groups is 1. The summed E-state index contributed by atoms with van der Waals surface area (Å²) in [6.45, 7) is 3.01. The van der Waals surface area contributed by atoms with Gasteiger partial charge in [-0.25, -0.2) is 4.79 Å². The fourth-order valence-corrected chi connectivity index (χ4v) is 10.1. The molecule has 79 heavy (non-hydrogen) atoms. The molecule has 4 aliphatic rings. The Morgan fingerprint density at radius 3 is 1.44 bits per heavy atom.